The molecule has 5 rings (SSSR count). The molecule has 0 aliphatic heterocycles. The second kappa shape index (κ2) is 30.6. The Morgan fingerprint density at radius 3 is 1.24 bits per heavy atom. The Labute approximate surface area is 491 Å². The molecule has 21 nitrogen and oxygen atoms in total. The molecule has 5 N–H and O–H groups in total. The number of benzene rings is 5. The standard InChI is InChI=1S/C9H3F6IO4.C8H4F3IO5.C8H4F3IO4.C7H2Cl3IO4.C7H3F2IO4/c10-8(11,12)3-1-4(7(17)18)6(16(19)20)5(2-3)9(13,14)15;9-8(10,11)17-5-3-1-2-4(7(13)14)6(5)12(15)16;9-8(10,11)4-1-2-6(12(15)16)5(3-4)7(13)14;8-2-1-3(9)6(11(14)15)4(5(2)10)7(12)13;8-3-1-4(7(11)12)6(10(13)14)5(9)2-3/h1-2H,(H,17,18);1-3H,(H,13,14);1-3H,(H,13,14);1H,(H,12,13);1-2H,(H,11,12). The molecule has 5 aromatic rings. The zero-order valence-electron chi connectivity index (χ0n) is 37.4. The summed E-state index contributed by atoms with van der Waals surface area (Å²) < 4.78 is 280. The van der Waals surface area contributed by atoms with Crippen LogP contribution in [-0.2, 0) is 49.2 Å². The molecule has 0 aliphatic carbocycles. The number of ether oxygens (including phenoxy) is 1. The van der Waals surface area contributed by atoms with E-state index in [0.29, 0.717) is 30.3 Å². The summed E-state index contributed by atoms with van der Waals surface area (Å²) in [5.74, 6) is -12.2. The van der Waals surface area contributed by atoms with E-state index >= 15 is 0 Å². The predicted octanol–water partition coefficient (Wildman–Crippen LogP) is 15.0. The third-order valence-corrected chi connectivity index (χ3v) is 19.5. The van der Waals surface area contributed by atoms with E-state index in [1.54, 1.807) is 0 Å². The van der Waals surface area contributed by atoms with Crippen molar-refractivity contribution in [2.24, 2.45) is 0 Å². The molecule has 5 aromatic carbocycles. The lowest BCUT2D eigenvalue weighted by Crippen LogP contribution is -2.18. The summed E-state index contributed by atoms with van der Waals surface area (Å²) in [5.41, 5.74) is -9.74. The van der Waals surface area contributed by atoms with Crippen molar-refractivity contribution in [1.82, 2.24) is 0 Å². The molecule has 0 aromatic heterocycles. The fourth-order valence-corrected chi connectivity index (χ4v) is 14.1. The third kappa shape index (κ3) is 21.8. The average molecular weight is 1830 g/mol. The van der Waals surface area contributed by atoms with E-state index in [1.807, 2.05) is 0 Å². The Morgan fingerprint density at radius 2 is 0.866 bits per heavy atom. The number of alkyl halides is 12. The van der Waals surface area contributed by atoms with Gasteiger partial charge in [-0.2, -0.15) is 39.5 Å². The molecule has 0 saturated carbocycles. The first-order valence-electron chi connectivity index (χ1n) is 18.6. The maximum absolute atomic E-state index is 12.9. The Hall–Kier alpha value is -5.21. The summed E-state index contributed by atoms with van der Waals surface area (Å²) in [7, 11) is 0. The minimum atomic E-state index is -5.43. The molecule has 0 spiro atoms. The number of halogens is 22. The third-order valence-electron chi connectivity index (χ3n) is 8.21. The second-order valence-electron chi connectivity index (χ2n) is 13.4. The largest absolute Gasteiger partial charge is 0.573 e. The molecular formula is C39H16Cl3F14I5O21. The van der Waals surface area contributed by atoms with Crippen molar-refractivity contribution in [3.63, 3.8) is 0 Å². The van der Waals surface area contributed by atoms with E-state index in [-0.39, 0.29) is 21.1 Å². The molecule has 0 unspecified atom stereocenters. The number of carbonyl (C=O) groups is 5. The predicted molar refractivity (Wildman–Crippen MR) is 274 cm³/mol. The fraction of sp³-hybridized carbons (Fsp3) is 0.103. The van der Waals surface area contributed by atoms with E-state index in [9.17, 15) is 116 Å². The summed E-state index contributed by atoms with van der Waals surface area (Å²) >= 11 is -5.12. The van der Waals surface area contributed by atoms with Crippen molar-refractivity contribution in [3.05, 3.63) is 156 Å². The van der Waals surface area contributed by atoms with Crippen LogP contribution in [0, 0.1) is 29.5 Å². The Balaban J connectivity index is 0.000000515. The number of aromatic carboxylic acids is 5. The molecule has 0 bridgehead atoms. The van der Waals surface area contributed by atoms with Crippen molar-refractivity contribution >= 4 is 164 Å². The van der Waals surface area contributed by atoms with Crippen LogP contribution < -0.4 is 4.74 Å². The normalized spacial score (nSPS) is 11.5. The summed E-state index contributed by atoms with van der Waals surface area (Å²) in [6, 6.07) is 5.49. The van der Waals surface area contributed by atoms with Gasteiger partial charge in [-0.1, -0.05) is 40.9 Å². The van der Waals surface area contributed by atoms with Crippen LogP contribution in [-0.4, -0.2) is 61.7 Å². The monoisotopic (exact) mass is 1830 g/mol. The molecule has 0 atom stereocenters. The topological polar surface area (TPSA) is 366 Å². The van der Waals surface area contributed by atoms with Crippen LogP contribution in [0.15, 0.2) is 66.7 Å². The van der Waals surface area contributed by atoms with Crippen LogP contribution in [0.25, 0.3) is 0 Å². The first kappa shape index (κ1) is 74.8. The smallest absolute Gasteiger partial charge is 0.478 e. The molecule has 0 aliphatic rings. The van der Waals surface area contributed by atoms with Crippen molar-refractivity contribution in [2.75, 3.05) is 0 Å². The Kier molecular flexibility index (Phi) is 27.9. The summed E-state index contributed by atoms with van der Waals surface area (Å²) in [6.07, 6.45) is -20.5. The highest BCUT2D eigenvalue weighted by atomic mass is 127. The molecule has 452 valence electrons. The van der Waals surface area contributed by atoms with Gasteiger partial charge in [-0.25, -0.2) is 63.4 Å². The molecule has 0 heterocycles. The van der Waals surface area contributed by atoms with Crippen LogP contribution >= 0.6 is 134 Å². The van der Waals surface area contributed by atoms with E-state index < -0.39 is 240 Å². The van der Waals surface area contributed by atoms with E-state index in [0.717, 1.165) is 24.3 Å². The van der Waals surface area contributed by atoms with Crippen molar-refractivity contribution in [1.29, 1.82) is 0 Å². The molecule has 82 heavy (non-hydrogen) atoms. The summed E-state index contributed by atoms with van der Waals surface area (Å²) in [5, 5.41) is 42.5. The lowest BCUT2D eigenvalue weighted by atomic mass is 10.0. The van der Waals surface area contributed by atoms with Gasteiger partial charge in [-0.3, -0.25) is 0 Å². The first-order valence-corrected chi connectivity index (χ1v) is 34.0. The maximum atomic E-state index is 12.9. The zero-order valence-corrected chi connectivity index (χ0v) is 50.5. The van der Waals surface area contributed by atoms with Gasteiger partial charge < -0.3 is 30.3 Å². The fourth-order valence-electron chi connectivity index (χ4n) is 5.14. The number of rotatable bonds is 11. The molecule has 0 saturated heterocycles. The SMILES string of the molecule is O=C(O)c1c(Cl)c(Cl)cc(Cl)c1I(=O)=O.O=C(O)c1cc(C(F)(F)F)cc(C(F)(F)F)c1I(=O)=O.O=C(O)c1cc(C(F)(F)F)ccc1I(=O)=O.O=C(O)c1cc(F)cc(F)c1I(=O)=O.O=C(O)c1cccc(OC(F)(F)F)c1I(=O)=O. The number of hydrogen-bond acceptors (Lipinski definition) is 16. The average Bonchev–Trinajstić information content (AvgIpc) is 3.30. The van der Waals surface area contributed by atoms with Crippen LogP contribution in [0.2, 0.25) is 15.1 Å². The van der Waals surface area contributed by atoms with E-state index in [4.69, 9.17) is 60.3 Å². The number of carboxylic acids is 5. The van der Waals surface area contributed by atoms with Gasteiger partial charge in [0, 0.05) is 6.07 Å². The minimum absolute atomic E-state index is 0.0967. The quantitative estimate of drug-likeness (QED) is 0.0466. The van der Waals surface area contributed by atoms with Gasteiger partial charge in [-0.15, -0.1) is 13.2 Å². The van der Waals surface area contributed by atoms with E-state index in [1.165, 1.54) is 0 Å². The minimum Gasteiger partial charge on any atom is -0.478 e. The van der Waals surface area contributed by atoms with Gasteiger partial charge in [-0.05, 0) is 54.6 Å². The van der Waals surface area contributed by atoms with Gasteiger partial charge in [0.2, 0.25) is 0 Å². The maximum Gasteiger partial charge on any atom is 0.573 e. The first-order chi connectivity index (χ1) is 37.1. The van der Waals surface area contributed by atoms with Crippen molar-refractivity contribution in [3.8, 4) is 5.75 Å². The van der Waals surface area contributed by atoms with Gasteiger partial charge >= 0.3 is 154 Å². The van der Waals surface area contributed by atoms with E-state index in [2.05, 4.69) is 4.74 Å². The number of carboxylic acid groups (broad SMARTS) is 5. The Morgan fingerprint density at radius 1 is 0.427 bits per heavy atom. The van der Waals surface area contributed by atoms with Crippen LogP contribution in [0.5, 0.6) is 5.75 Å². The lowest BCUT2D eigenvalue weighted by Gasteiger charge is -2.14. The highest BCUT2D eigenvalue weighted by Crippen LogP contribution is 2.43. The molecule has 0 fully saturated rings. The molecule has 43 heteroatoms. The van der Waals surface area contributed by atoms with Crippen LogP contribution in [0.4, 0.5) is 61.5 Å². The van der Waals surface area contributed by atoms with Crippen molar-refractivity contribution < 1.29 is 146 Å². The molecular weight excluding hydrogens is 1810 g/mol. The van der Waals surface area contributed by atoms with Gasteiger partial charge in [0.05, 0.1) is 63.1 Å². The molecule has 0 amide bonds. The second-order valence-corrected chi connectivity index (χ2v) is 26.3. The highest BCUT2D eigenvalue weighted by Gasteiger charge is 2.42. The summed E-state index contributed by atoms with van der Waals surface area (Å²) in [6.45, 7) is 0. The number of hydrogen-bond donors (Lipinski definition) is 5. The highest BCUT2D eigenvalue weighted by molar-refractivity contribution is 14.2. The van der Waals surface area contributed by atoms with Crippen LogP contribution in [0.1, 0.15) is 68.5 Å². The summed E-state index contributed by atoms with van der Waals surface area (Å²) in [4.78, 5) is 53.2. The molecule has 0 radical (unpaired) electrons. The van der Waals surface area contributed by atoms with Gasteiger partial charge in [0.15, 0.2) is 0 Å². The van der Waals surface area contributed by atoms with Crippen LogP contribution in [0.3, 0.4) is 0 Å². The van der Waals surface area contributed by atoms with Crippen molar-refractivity contribution in [2.45, 2.75) is 24.9 Å². The zero-order chi connectivity index (χ0) is 64.2. The lowest BCUT2D eigenvalue weighted by molar-refractivity contribution is -0.275. The van der Waals surface area contributed by atoms with Gasteiger partial charge in [0.25, 0.3) is 0 Å². The Bertz CT molecular complexity index is 3720. The van der Waals surface area contributed by atoms with Gasteiger partial charge in [0.1, 0.15) is 31.7 Å².